The predicted molar refractivity (Wildman–Crippen MR) is 95.5 cm³/mol. The van der Waals surface area contributed by atoms with Crippen LogP contribution in [-0.2, 0) is 9.59 Å². The Morgan fingerprint density at radius 1 is 1.08 bits per heavy atom. The third-order valence-corrected chi connectivity index (χ3v) is 3.95. The van der Waals surface area contributed by atoms with Crippen molar-refractivity contribution in [1.82, 2.24) is 5.32 Å². The first-order chi connectivity index (χ1) is 11.5. The van der Waals surface area contributed by atoms with E-state index in [4.69, 9.17) is 12.2 Å². The van der Waals surface area contributed by atoms with Gasteiger partial charge in [-0.15, -0.1) is 0 Å². The van der Waals surface area contributed by atoms with Gasteiger partial charge in [0.05, 0.1) is 5.69 Å². The van der Waals surface area contributed by atoms with Gasteiger partial charge in [0, 0.05) is 0 Å². The van der Waals surface area contributed by atoms with Crippen LogP contribution in [0.3, 0.4) is 0 Å². The number of rotatable bonds is 2. The minimum atomic E-state index is -0.539. The third kappa shape index (κ3) is 2.91. The van der Waals surface area contributed by atoms with Gasteiger partial charge in [-0.3, -0.25) is 19.8 Å². The van der Waals surface area contributed by atoms with Crippen molar-refractivity contribution in [1.29, 1.82) is 0 Å². The number of carbonyl (C=O) groups excluding carboxylic acids is 2. The van der Waals surface area contributed by atoms with Crippen molar-refractivity contribution in [3.05, 3.63) is 65.2 Å². The molecule has 0 aromatic heterocycles. The number of amides is 2. The van der Waals surface area contributed by atoms with E-state index in [1.807, 2.05) is 19.1 Å². The van der Waals surface area contributed by atoms with Gasteiger partial charge in [0.2, 0.25) is 0 Å². The highest BCUT2D eigenvalue weighted by Gasteiger charge is 2.34. The van der Waals surface area contributed by atoms with E-state index in [0.717, 1.165) is 5.56 Å². The molecule has 0 spiro atoms. The molecule has 120 valence electrons. The normalized spacial score (nSPS) is 16.5. The minimum absolute atomic E-state index is 0.0162. The summed E-state index contributed by atoms with van der Waals surface area (Å²) in [7, 11) is 0. The highest BCUT2D eigenvalue weighted by molar-refractivity contribution is 7.80. The zero-order chi connectivity index (χ0) is 17.3. The molecule has 0 atom stereocenters. The van der Waals surface area contributed by atoms with Gasteiger partial charge >= 0.3 is 0 Å². The van der Waals surface area contributed by atoms with Gasteiger partial charge in [0.1, 0.15) is 11.3 Å². The van der Waals surface area contributed by atoms with Crippen molar-refractivity contribution in [2.45, 2.75) is 6.92 Å². The van der Waals surface area contributed by atoms with Crippen LogP contribution >= 0.6 is 12.2 Å². The molecule has 1 aliphatic heterocycles. The summed E-state index contributed by atoms with van der Waals surface area (Å²) in [6, 6.07) is 13.5. The Labute approximate surface area is 144 Å². The van der Waals surface area contributed by atoms with Gasteiger partial charge in [-0.25, -0.2) is 0 Å². The predicted octanol–water partition coefficient (Wildman–Crippen LogP) is 2.53. The second kappa shape index (κ2) is 6.25. The number of carbonyl (C=O) groups is 2. The Bertz CT molecular complexity index is 872. The molecule has 0 saturated carbocycles. The number of thiocarbonyl (C=S) groups is 1. The smallest absolute Gasteiger partial charge is 0.270 e. The SMILES string of the molecule is Cc1ccccc1N1C(=O)/C(=C/c2ccc(O)cc2)C(=O)NC1=S. The molecule has 2 N–H and O–H groups in total. The zero-order valence-corrected chi connectivity index (χ0v) is 13.6. The monoisotopic (exact) mass is 338 g/mol. The maximum atomic E-state index is 12.8. The number of aromatic hydroxyl groups is 1. The van der Waals surface area contributed by atoms with Crippen LogP contribution in [0, 0.1) is 6.92 Å². The number of phenols is 1. The number of hydrogen-bond donors (Lipinski definition) is 2. The van der Waals surface area contributed by atoms with Gasteiger partial charge in [-0.2, -0.15) is 0 Å². The molecule has 5 nitrogen and oxygen atoms in total. The van der Waals surface area contributed by atoms with Crippen molar-refractivity contribution >= 4 is 40.9 Å². The van der Waals surface area contributed by atoms with Crippen LogP contribution in [0.4, 0.5) is 5.69 Å². The summed E-state index contributed by atoms with van der Waals surface area (Å²) < 4.78 is 0. The summed E-state index contributed by atoms with van der Waals surface area (Å²) in [4.78, 5) is 26.3. The molecule has 3 rings (SSSR count). The van der Waals surface area contributed by atoms with Crippen LogP contribution in [0.1, 0.15) is 11.1 Å². The topological polar surface area (TPSA) is 69.6 Å². The molecule has 1 saturated heterocycles. The van der Waals surface area contributed by atoms with E-state index in [1.165, 1.54) is 23.1 Å². The molecule has 0 radical (unpaired) electrons. The van der Waals surface area contributed by atoms with Crippen LogP contribution in [-0.4, -0.2) is 22.0 Å². The highest BCUT2D eigenvalue weighted by atomic mass is 32.1. The molecule has 2 aromatic rings. The average molecular weight is 338 g/mol. The Morgan fingerprint density at radius 3 is 2.42 bits per heavy atom. The van der Waals surface area contributed by atoms with Gasteiger partial charge in [0.15, 0.2) is 5.11 Å². The summed E-state index contributed by atoms with van der Waals surface area (Å²) in [6.07, 6.45) is 1.48. The van der Waals surface area contributed by atoms with Gasteiger partial charge in [-0.05, 0) is 54.5 Å². The van der Waals surface area contributed by atoms with E-state index in [0.29, 0.717) is 11.3 Å². The van der Waals surface area contributed by atoms with Gasteiger partial charge < -0.3 is 5.11 Å². The fourth-order valence-corrected chi connectivity index (χ4v) is 2.70. The molecule has 24 heavy (non-hydrogen) atoms. The molecule has 1 heterocycles. The van der Waals surface area contributed by atoms with E-state index in [2.05, 4.69) is 5.32 Å². The van der Waals surface area contributed by atoms with Crippen LogP contribution in [0.5, 0.6) is 5.75 Å². The maximum absolute atomic E-state index is 12.8. The lowest BCUT2D eigenvalue weighted by Gasteiger charge is -2.29. The molecule has 6 heteroatoms. The van der Waals surface area contributed by atoms with Gasteiger partial charge in [-0.1, -0.05) is 30.3 Å². The van der Waals surface area contributed by atoms with E-state index in [9.17, 15) is 14.7 Å². The zero-order valence-electron chi connectivity index (χ0n) is 12.8. The van der Waals surface area contributed by atoms with Crippen LogP contribution in [0.2, 0.25) is 0 Å². The summed E-state index contributed by atoms with van der Waals surface area (Å²) in [5.74, 6) is -0.909. The number of phenolic OH excluding ortho intramolecular Hbond substituents is 1. The third-order valence-electron chi connectivity index (χ3n) is 3.66. The highest BCUT2D eigenvalue weighted by Crippen LogP contribution is 2.25. The Kier molecular flexibility index (Phi) is 4.14. The Hall–Kier alpha value is -2.99. The summed E-state index contributed by atoms with van der Waals surface area (Å²) in [5, 5.41) is 11.9. The minimum Gasteiger partial charge on any atom is -0.508 e. The second-order valence-corrected chi connectivity index (χ2v) is 5.72. The number of para-hydroxylation sites is 1. The molecular formula is C18H14N2O3S. The number of hydrogen-bond acceptors (Lipinski definition) is 4. The Balaban J connectivity index is 2.03. The van der Waals surface area contributed by atoms with Crippen molar-refractivity contribution in [2.24, 2.45) is 0 Å². The summed E-state index contributed by atoms with van der Waals surface area (Å²) in [5.41, 5.74) is 2.11. The summed E-state index contributed by atoms with van der Waals surface area (Å²) in [6.45, 7) is 1.87. The molecule has 0 aliphatic carbocycles. The molecule has 1 fully saturated rings. The lowest BCUT2D eigenvalue weighted by Crippen LogP contribution is -2.54. The van der Waals surface area contributed by atoms with Crippen molar-refractivity contribution in [2.75, 3.05) is 4.90 Å². The molecular weight excluding hydrogens is 324 g/mol. The van der Waals surface area contributed by atoms with E-state index < -0.39 is 11.8 Å². The van der Waals surface area contributed by atoms with E-state index in [-0.39, 0.29) is 16.4 Å². The molecule has 0 unspecified atom stereocenters. The fraction of sp³-hybridized carbons (Fsp3) is 0.0556. The van der Waals surface area contributed by atoms with E-state index >= 15 is 0 Å². The van der Waals surface area contributed by atoms with Crippen molar-refractivity contribution < 1.29 is 14.7 Å². The standard InChI is InChI=1S/C18H14N2O3S/c1-11-4-2-3-5-15(11)20-17(23)14(16(22)19-18(20)24)10-12-6-8-13(21)9-7-12/h2-10,21H,1H3,(H,19,22,24)/b14-10+. The number of nitrogens with one attached hydrogen (secondary N) is 1. The first-order valence-electron chi connectivity index (χ1n) is 7.23. The maximum Gasteiger partial charge on any atom is 0.270 e. The lowest BCUT2D eigenvalue weighted by molar-refractivity contribution is -0.122. The first kappa shape index (κ1) is 15.9. The van der Waals surface area contributed by atoms with Crippen molar-refractivity contribution in [3.63, 3.8) is 0 Å². The van der Waals surface area contributed by atoms with Crippen molar-refractivity contribution in [3.8, 4) is 5.75 Å². The van der Waals surface area contributed by atoms with Gasteiger partial charge in [0.25, 0.3) is 11.8 Å². The van der Waals surface area contributed by atoms with Crippen LogP contribution < -0.4 is 10.2 Å². The Morgan fingerprint density at radius 2 is 1.75 bits per heavy atom. The number of benzene rings is 2. The molecule has 1 aliphatic rings. The lowest BCUT2D eigenvalue weighted by atomic mass is 10.1. The quantitative estimate of drug-likeness (QED) is 0.502. The molecule has 2 amide bonds. The fourth-order valence-electron chi connectivity index (χ4n) is 2.43. The molecule has 2 aromatic carbocycles. The summed E-state index contributed by atoms with van der Waals surface area (Å²) >= 11 is 5.17. The van der Waals surface area contributed by atoms with E-state index in [1.54, 1.807) is 24.3 Å². The molecule has 0 bridgehead atoms. The van der Waals surface area contributed by atoms with Crippen LogP contribution in [0.25, 0.3) is 6.08 Å². The van der Waals surface area contributed by atoms with Crippen LogP contribution in [0.15, 0.2) is 54.1 Å². The number of aryl methyl sites for hydroxylation is 1. The first-order valence-corrected chi connectivity index (χ1v) is 7.64. The largest absolute Gasteiger partial charge is 0.508 e. The second-order valence-electron chi connectivity index (χ2n) is 5.34. The number of nitrogens with zero attached hydrogens (tertiary/aromatic N) is 1. The average Bonchev–Trinajstić information content (AvgIpc) is 2.55. The number of anilines is 1.